The third-order valence-electron chi connectivity index (χ3n) is 22.8. The molecule has 2 saturated heterocycles. The van der Waals surface area contributed by atoms with Crippen molar-refractivity contribution in [3.63, 3.8) is 0 Å². The molecule has 2 aliphatic heterocycles. The second-order valence-electron chi connectivity index (χ2n) is 31.4. The van der Waals surface area contributed by atoms with E-state index in [-0.39, 0.29) is 82.7 Å². The number of likely N-dealkylation sites (tertiary alicyclic amines) is 2. The molecular formula is C81H113F5N12O15. The first-order valence-corrected chi connectivity index (χ1v) is 39.0. The summed E-state index contributed by atoms with van der Waals surface area (Å²) < 4.78 is 76.0. The lowest BCUT2D eigenvalue weighted by Crippen LogP contribution is -2.65. The fourth-order valence-electron chi connectivity index (χ4n) is 15.6. The van der Waals surface area contributed by atoms with E-state index in [4.69, 9.17) is 4.74 Å². The quantitative estimate of drug-likeness (QED) is 0.0426. The molecule has 2 heterocycles. The fraction of sp³-hybridized carbons (Fsp3) is 0.617. The SMILES string of the molecule is CC[C@H](C)[C@H](NC(=O)[C@H](CC(C)C)N(C)C(=O)C[C@@H](C(=O)N(C)C)N(C)C(=O)[C@H](C1CCCC1)N(C)C(=O)C1(NC(=O)[C@@H]2CCCN2C(=O)[C@H](CCc2cc(F)c(C(F)(F)F)c(F)c2)NC(=O)CN(C)C(=O)OCc2ccccc2)CCCC1)C(=O)N(C)[C@@H](C)C(=O)N1CC[C@H]1C(=O)N(CC)[C@@H](Cc1ccc(C)cc1)C(=O)O. The summed E-state index contributed by atoms with van der Waals surface area (Å²) in [6, 6.07) is 5.32. The molecule has 113 heavy (non-hydrogen) atoms. The number of carboxylic acids is 1. The minimum Gasteiger partial charge on any atom is -0.480 e. The largest absolute Gasteiger partial charge is 0.480 e. The number of ether oxygens (including phenoxy) is 1. The van der Waals surface area contributed by atoms with E-state index in [9.17, 15) is 79.8 Å². The molecule has 4 aliphatic rings. The number of likely N-dealkylation sites (N-methyl/N-ethyl adjacent to an activating group) is 7. The fourth-order valence-corrected chi connectivity index (χ4v) is 15.6. The van der Waals surface area contributed by atoms with Crippen molar-refractivity contribution < 1.29 is 94.1 Å². The number of carbonyl (C=O) groups is 13. The van der Waals surface area contributed by atoms with Crippen molar-refractivity contribution in [3.05, 3.63) is 106 Å². The van der Waals surface area contributed by atoms with Crippen molar-refractivity contribution in [3.8, 4) is 0 Å². The van der Waals surface area contributed by atoms with Crippen molar-refractivity contribution in [2.45, 2.75) is 230 Å². The first-order chi connectivity index (χ1) is 53.2. The normalized spacial score (nSPS) is 18.2. The Morgan fingerprint density at radius 3 is 1.81 bits per heavy atom. The van der Waals surface area contributed by atoms with Gasteiger partial charge in [-0.25, -0.2) is 18.4 Å². The van der Waals surface area contributed by atoms with Crippen LogP contribution >= 0.6 is 0 Å². The Morgan fingerprint density at radius 1 is 0.655 bits per heavy atom. The van der Waals surface area contributed by atoms with Crippen LogP contribution in [0.1, 0.15) is 166 Å². The predicted molar refractivity (Wildman–Crippen MR) is 407 cm³/mol. The van der Waals surface area contributed by atoms with Crippen molar-refractivity contribution in [1.29, 1.82) is 0 Å². The van der Waals surface area contributed by atoms with Crippen LogP contribution in [0.25, 0.3) is 0 Å². The molecule has 0 bridgehead atoms. The first-order valence-electron chi connectivity index (χ1n) is 39.0. The average Bonchev–Trinajstić information content (AvgIpc) is 1.77. The predicted octanol–water partition coefficient (Wildman–Crippen LogP) is 7.12. The van der Waals surface area contributed by atoms with Gasteiger partial charge in [-0.15, -0.1) is 0 Å². The van der Waals surface area contributed by atoms with Gasteiger partial charge in [-0.1, -0.05) is 120 Å². The van der Waals surface area contributed by atoms with Crippen LogP contribution in [0, 0.1) is 36.3 Å². The average molecular weight is 1590 g/mol. The smallest absolute Gasteiger partial charge is 0.422 e. The van der Waals surface area contributed by atoms with E-state index >= 15 is 9.59 Å². The maximum Gasteiger partial charge on any atom is 0.422 e. The molecule has 0 radical (unpaired) electrons. The highest BCUT2D eigenvalue weighted by atomic mass is 19.4. The minimum absolute atomic E-state index is 0.0343. The summed E-state index contributed by atoms with van der Waals surface area (Å²) >= 11 is 0. The molecule has 3 aromatic carbocycles. The molecule has 3 aromatic rings. The lowest BCUT2D eigenvalue weighted by Gasteiger charge is -2.45. The van der Waals surface area contributed by atoms with Crippen LogP contribution in [-0.2, 0) is 87.9 Å². The molecule has 12 amide bonds. The Balaban J connectivity index is 1.06. The van der Waals surface area contributed by atoms with Gasteiger partial charge in [0.25, 0.3) is 0 Å². The molecule has 0 aromatic heterocycles. The van der Waals surface area contributed by atoms with Gasteiger partial charge in [-0.05, 0) is 132 Å². The van der Waals surface area contributed by atoms with Crippen molar-refractivity contribution in [1.82, 2.24) is 60.0 Å². The van der Waals surface area contributed by atoms with Gasteiger partial charge in [-0.3, -0.25) is 52.7 Å². The highest BCUT2D eigenvalue weighted by Gasteiger charge is 2.52. The lowest BCUT2D eigenvalue weighted by atomic mass is 9.90. The van der Waals surface area contributed by atoms with Gasteiger partial charge in [0, 0.05) is 75.4 Å². The van der Waals surface area contributed by atoms with E-state index < -0.39 is 198 Å². The number of benzene rings is 3. The van der Waals surface area contributed by atoms with Gasteiger partial charge >= 0.3 is 18.2 Å². The first kappa shape index (κ1) is 90.4. The zero-order valence-electron chi connectivity index (χ0n) is 67.4. The summed E-state index contributed by atoms with van der Waals surface area (Å²) in [7, 11) is 9.69. The van der Waals surface area contributed by atoms with Crippen LogP contribution in [0.4, 0.5) is 26.7 Å². The van der Waals surface area contributed by atoms with E-state index in [0.29, 0.717) is 68.2 Å². The van der Waals surface area contributed by atoms with Gasteiger partial charge in [0.1, 0.15) is 90.3 Å². The molecule has 0 spiro atoms. The van der Waals surface area contributed by atoms with Crippen molar-refractivity contribution in [2.24, 2.45) is 17.8 Å². The number of aryl methyl sites for hydroxylation is 2. The summed E-state index contributed by atoms with van der Waals surface area (Å²) in [6.07, 6.45) is -3.46. The zero-order chi connectivity index (χ0) is 83.8. The van der Waals surface area contributed by atoms with Crippen LogP contribution < -0.4 is 16.0 Å². The molecule has 10 atom stereocenters. The minimum atomic E-state index is -5.38. The molecule has 7 rings (SSSR count). The molecule has 2 aliphatic carbocycles. The number of carbonyl (C=O) groups excluding carboxylic acids is 12. The second kappa shape index (κ2) is 39.8. The molecule has 4 fully saturated rings. The Kier molecular flexibility index (Phi) is 31.8. The number of aliphatic carboxylic acids is 1. The van der Waals surface area contributed by atoms with Gasteiger partial charge in [0.05, 0.1) is 6.42 Å². The van der Waals surface area contributed by atoms with Gasteiger partial charge in [0.15, 0.2) is 0 Å². The topological polar surface area (TPSA) is 317 Å². The molecule has 0 unspecified atom stereocenters. The number of halogens is 5. The molecule has 27 nitrogen and oxygen atoms in total. The Labute approximate surface area is 658 Å². The number of hydrogen-bond acceptors (Lipinski definition) is 14. The van der Waals surface area contributed by atoms with Crippen LogP contribution in [0.3, 0.4) is 0 Å². The van der Waals surface area contributed by atoms with E-state index in [1.807, 2.05) is 39.8 Å². The van der Waals surface area contributed by atoms with Crippen molar-refractivity contribution >= 4 is 77.0 Å². The van der Waals surface area contributed by atoms with Crippen molar-refractivity contribution in [2.75, 3.05) is 75.5 Å². The summed E-state index contributed by atoms with van der Waals surface area (Å²) in [5.74, 6) is -14.1. The number of alkyl halides is 3. The second-order valence-corrected chi connectivity index (χ2v) is 31.4. The monoisotopic (exact) mass is 1590 g/mol. The number of carboxylic acid groups (broad SMARTS) is 1. The molecule has 622 valence electrons. The van der Waals surface area contributed by atoms with E-state index in [2.05, 4.69) is 16.0 Å². The molecule has 4 N–H and O–H groups in total. The van der Waals surface area contributed by atoms with Crippen LogP contribution in [-0.4, -0.2) is 262 Å². The molecule has 2 saturated carbocycles. The number of nitrogens with one attached hydrogen (secondary N) is 3. The Morgan fingerprint density at radius 2 is 1.27 bits per heavy atom. The standard InChI is InChI=1S/C81H113F5N12O15/c1-15-50(6)67(75(107)92(11)51(7)71(103)98-40-36-60(98)74(106)96(16-2)63(77(109)110)44-52-32-30-49(5)31-33-52)88-69(101)61(41-48(3)4)93(12)65(100)45-62(73(105)90(8)9)94(13)76(108)68(55-27-20-21-28-55)95(14)78(111)80(37-22-23-38-80)89-70(102)59-29-24-39-97(59)72(104)58(35-34-54-42-56(82)66(57(83)43-54)81(84,85)86)87-64(99)46-91(10)79(112)113-47-53-25-18-17-19-26-53/h17-19,25-26,30-33,42-43,48,50-51,55,58-63,67-68H,15-16,20-24,27-29,34-41,44-47H2,1-14H3,(H,87,99)(H,88,101)(H,89,102)(H,109,110)/t50-,51-,58-,59-,60-,61-,62-,63-,67-,68-/m0/s1. The van der Waals surface area contributed by atoms with E-state index in [1.54, 1.807) is 56.3 Å². The van der Waals surface area contributed by atoms with Gasteiger partial charge in [0.2, 0.25) is 65.0 Å². The Hall–Kier alpha value is -9.78. The summed E-state index contributed by atoms with van der Waals surface area (Å²) in [5.41, 5.74) is -1.74. The number of amides is 12. The van der Waals surface area contributed by atoms with Gasteiger partial charge < -0.3 is 69.9 Å². The summed E-state index contributed by atoms with van der Waals surface area (Å²) in [6.45, 7) is 11.6. The van der Waals surface area contributed by atoms with E-state index in [1.165, 1.54) is 90.6 Å². The Bertz CT molecular complexity index is 3890. The summed E-state index contributed by atoms with van der Waals surface area (Å²) in [4.78, 5) is 199. The number of hydrogen-bond donors (Lipinski definition) is 4. The number of nitrogens with zero attached hydrogens (tertiary/aromatic N) is 9. The number of rotatable bonds is 35. The van der Waals surface area contributed by atoms with Crippen LogP contribution in [0.15, 0.2) is 66.7 Å². The third kappa shape index (κ3) is 22.4. The highest BCUT2D eigenvalue weighted by Crippen LogP contribution is 2.39. The van der Waals surface area contributed by atoms with E-state index in [0.717, 1.165) is 15.4 Å². The van der Waals surface area contributed by atoms with Crippen LogP contribution in [0.2, 0.25) is 0 Å². The zero-order valence-corrected chi connectivity index (χ0v) is 67.4. The summed E-state index contributed by atoms with van der Waals surface area (Å²) in [5, 5.41) is 18.7. The third-order valence-corrected chi connectivity index (χ3v) is 22.8. The lowest BCUT2D eigenvalue weighted by molar-refractivity contribution is -0.162. The molecule has 32 heteroatoms. The highest BCUT2D eigenvalue weighted by molar-refractivity contribution is 6.01. The maximum absolute atomic E-state index is 15.6. The van der Waals surface area contributed by atoms with Gasteiger partial charge in [-0.2, -0.15) is 13.2 Å². The molecular weight excluding hydrogens is 1480 g/mol. The maximum atomic E-state index is 15.6. The van der Waals surface area contributed by atoms with Crippen LogP contribution in [0.5, 0.6) is 0 Å².